The molecule has 200 valence electrons. The average Bonchev–Trinajstić information content (AvgIpc) is 3.53. The van der Waals surface area contributed by atoms with Crippen LogP contribution in [0, 0.1) is 0 Å². The van der Waals surface area contributed by atoms with Gasteiger partial charge in [-0.1, -0.05) is 24.3 Å². The molecular formula is C28H26F3N7O. The summed E-state index contributed by atoms with van der Waals surface area (Å²) < 4.78 is 47.0. The number of hydrogen-bond donors (Lipinski definition) is 1. The van der Waals surface area contributed by atoms with Crippen LogP contribution in [0.25, 0.3) is 33.8 Å². The van der Waals surface area contributed by atoms with E-state index in [0.29, 0.717) is 35.4 Å². The van der Waals surface area contributed by atoms with Gasteiger partial charge in [0.15, 0.2) is 11.5 Å². The number of rotatable bonds is 7. The van der Waals surface area contributed by atoms with E-state index in [-0.39, 0.29) is 6.04 Å². The Kier molecular flexibility index (Phi) is 6.08. The minimum Gasteiger partial charge on any atom is -0.480 e. The summed E-state index contributed by atoms with van der Waals surface area (Å²) in [4.78, 5) is 25.4. The topological polar surface area (TPSA) is 94.4 Å². The van der Waals surface area contributed by atoms with Crippen LogP contribution < -0.4 is 4.74 Å². The highest BCUT2D eigenvalue weighted by atomic mass is 19.4. The van der Waals surface area contributed by atoms with Crippen molar-refractivity contribution >= 4 is 11.0 Å². The number of benzene rings is 1. The summed E-state index contributed by atoms with van der Waals surface area (Å²) in [6.07, 6.45) is 4.43. The highest BCUT2D eigenvalue weighted by molar-refractivity contribution is 5.81. The number of nitrogens with one attached hydrogen (secondary N) is 1. The lowest BCUT2D eigenvalue weighted by Gasteiger charge is -2.12. The van der Waals surface area contributed by atoms with Crippen LogP contribution in [-0.4, -0.2) is 41.6 Å². The quantitative estimate of drug-likeness (QED) is 0.262. The molecule has 11 heteroatoms. The molecule has 0 radical (unpaired) electrons. The zero-order valence-corrected chi connectivity index (χ0v) is 21.6. The fraction of sp³-hybridized carbons (Fsp3) is 0.321. The lowest BCUT2D eigenvalue weighted by molar-refractivity contribution is -0.140. The highest BCUT2D eigenvalue weighted by Crippen LogP contribution is 2.45. The van der Waals surface area contributed by atoms with Gasteiger partial charge in [-0.05, 0) is 32.3 Å². The monoisotopic (exact) mass is 533 g/mol. The van der Waals surface area contributed by atoms with Gasteiger partial charge in [-0.25, -0.2) is 24.9 Å². The molecule has 6 rings (SSSR count). The number of fused-ring (bicyclic) bond motifs is 1. The van der Waals surface area contributed by atoms with E-state index in [1.165, 1.54) is 6.33 Å². The van der Waals surface area contributed by atoms with Crippen LogP contribution >= 0.6 is 0 Å². The molecule has 4 heterocycles. The molecule has 0 atom stereocenters. The number of H-pyrrole nitrogens is 1. The molecule has 0 spiro atoms. The normalized spacial score (nSPS) is 13.9. The third kappa shape index (κ3) is 4.73. The van der Waals surface area contributed by atoms with Gasteiger partial charge in [0.25, 0.3) is 0 Å². The van der Waals surface area contributed by atoms with E-state index < -0.39 is 11.9 Å². The van der Waals surface area contributed by atoms with Crippen LogP contribution in [-0.2, 0) is 12.6 Å². The Morgan fingerprint density at radius 1 is 1.08 bits per heavy atom. The largest absolute Gasteiger partial charge is 0.480 e. The number of alkyl halides is 3. The van der Waals surface area contributed by atoms with Crippen molar-refractivity contribution in [2.24, 2.45) is 0 Å². The minimum absolute atomic E-state index is 0.169. The first-order valence-electron chi connectivity index (χ1n) is 12.7. The smallest absolute Gasteiger partial charge is 0.434 e. The van der Waals surface area contributed by atoms with Crippen LogP contribution in [0.5, 0.6) is 5.88 Å². The van der Waals surface area contributed by atoms with E-state index in [2.05, 4.69) is 24.9 Å². The number of halogens is 3. The van der Waals surface area contributed by atoms with Gasteiger partial charge >= 0.3 is 6.18 Å². The van der Waals surface area contributed by atoms with E-state index in [9.17, 15) is 13.2 Å². The first-order chi connectivity index (χ1) is 18.7. The summed E-state index contributed by atoms with van der Waals surface area (Å²) in [5.41, 5.74) is 4.88. The molecule has 4 aromatic heterocycles. The third-order valence-corrected chi connectivity index (χ3v) is 6.90. The van der Waals surface area contributed by atoms with Crippen molar-refractivity contribution in [2.45, 2.75) is 51.2 Å². The van der Waals surface area contributed by atoms with Crippen molar-refractivity contribution in [1.82, 2.24) is 34.5 Å². The molecule has 5 aromatic rings. The number of aromatic amines is 1. The van der Waals surface area contributed by atoms with Gasteiger partial charge < -0.3 is 14.3 Å². The third-order valence-electron chi connectivity index (χ3n) is 6.90. The summed E-state index contributed by atoms with van der Waals surface area (Å²) in [6, 6.07) is 7.25. The molecule has 1 fully saturated rings. The molecule has 8 nitrogen and oxygen atoms in total. The van der Waals surface area contributed by atoms with Crippen molar-refractivity contribution in [1.29, 1.82) is 0 Å². The maximum atomic E-state index is 13.3. The van der Waals surface area contributed by atoms with Gasteiger partial charge in [-0.15, -0.1) is 0 Å². The van der Waals surface area contributed by atoms with Crippen molar-refractivity contribution in [2.75, 3.05) is 7.11 Å². The van der Waals surface area contributed by atoms with Crippen LogP contribution in [0.2, 0.25) is 0 Å². The number of imidazole rings is 1. The summed E-state index contributed by atoms with van der Waals surface area (Å²) in [5.74, 6) is 1.61. The Balaban J connectivity index is 1.32. The van der Waals surface area contributed by atoms with E-state index >= 15 is 0 Å². The van der Waals surface area contributed by atoms with Crippen molar-refractivity contribution in [3.05, 3.63) is 71.7 Å². The molecule has 1 saturated carbocycles. The number of hydrogen-bond acceptors (Lipinski definition) is 6. The number of ether oxygens (including phenoxy) is 1. The Morgan fingerprint density at radius 3 is 2.51 bits per heavy atom. The fourth-order valence-corrected chi connectivity index (χ4v) is 4.76. The zero-order valence-electron chi connectivity index (χ0n) is 21.6. The van der Waals surface area contributed by atoms with Crippen molar-refractivity contribution < 1.29 is 17.9 Å². The highest BCUT2D eigenvalue weighted by Gasteiger charge is 2.35. The maximum absolute atomic E-state index is 13.3. The zero-order chi connectivity index (χ0) is 27.3. The van der Waals surface area contributed by atoms with Crippen LogP contribution in [0.4, 0.5) is 13.2 Å². The summed E-state index contributed by atoms with van der Waals surface area (Å²) in [5, 5.41) is 0. The van der Waals surface area contributed by atoms with Crippen molar-refractivity contribution in [3.8, 4) is 28.7 Å². The van der Waals surface area contributed by atoms with Gasteiger partial charge in [0, 0.05) is 41.9 Å². The molecule has 1 N–H and O–H groups in total. The molecule has 39 heavy (non-hydrogen) atoms. The van der Waals surface area contributed by atoms with Gasteiger partial charge in [0.05, 0.1) is 30.0 Å². The second-order valence-electron chi connectivity index (χ2n) is 10.0. The average molecular weight is 534 g/mol. The van der Waals surface area contributed by atoms with Crippen LogP contribution in [0.3, 0.4) is 0 Å². The molecule has 0 bridgehead atoms. The Labute approximate surface area is 222 Å². The minimum atomic E-state index is -4.50. The number of nitrogens with zero attached hydrogens (tertiary/aromatic N) is 6. The SMILES string of the molecule is COc1ncnc(C2CC2)c1-c1ncc2[nH]cc(Cc3ccc(-c4nc(C(F)(F)F)cn4C(C)C)cc3)c2n1. The van der Waals surface area contributed by atoms with Gasteiger partial charge in [0.2, 0.25) is 5.88 Å². The molecule has 1 aromatic carbocycles. The second-order valence-corrected chi connectivity index (χ2v) is 10.0. The van der Waals surface area contributed by atoms with Crippen LogP contribution in [0.15, 0.2) is 49.2 Å². The summed E-state index contributed by atoms with van der Waals surface area (Å²) >= 11 is 0. The summed E-state index contributed by atoms with van der Waals surface area (Å²) in [6.45, 7) is 3.66. The van der Waals surface area contributed by atoms with Crippen LogP contribution in [0.1, 0.15) is 61.2 Å². The predicted octanol–water partition coefficient (Wildman–Crippen LogP) is 6.35. The molecule has 1 aliphatic rings. The molecule has 0 saturated heterocycles. The van der Waals surface area contributed by atoms with E-state index in [1.54, 1.807) is 30.0 Å². The first kappa shape index (κ1) is 25.0. The Hall–Kier alpha value is -4.28. The Morgan fingerprint density at radius 2 is 1.85 bits per heavy atom. The van der Waals surface area contributed by atoms with E-state index in [4.69, 9.17) is 9.72 Å². The number of aromatic nitrogens is 7. The van der Waals surface area contributed by atoms with E-state index in [1.807, 2.05) is 32.2 Å². The molecule has 0 unspecified atom stereocenters. The van der Waals surface area contributed by atoms with Crippen molar-refractivity contribution in [3.63, 3.8) is 0 Å². The molecule has 0 amide bonds. The summed E-state index contributed by atoms with van der Waals surface area (Å²) in [7, 11) is 1.57. The lowest BCUT2D eigenvalue weighted by Crippen LogP contribution is -2.05. The molecule has 0 aliphatic heterocycles. The second kappa shape index (κ2) is 9.48. The number of methoxy groups -OCH3 is 1. The lowest BCUT2D eigenvalue weighted by atomic mass is 10.0. The Bertz CT molecular complexity index is 1650. The van der Waals surface area contributed by atoms with Gasteiger partial charge in [-0.3, -0.25) is 0 Å². The maximum Gasteiger partial charge on any atom is 0.434 e. The fourth-order valence-electron chi connectivity index (χ4n) is 4.76. The standard InChI is InChI=1S/C28H26F3N7O/c1-15(2)38-13-21(28(29,30)31)36-26(38)18-6-4-16(5-7-18)10-19-11-32-20-12-33-25(37-23(19)20)22-24(17-8-9-17)34-14-35-27(22)39-3/h4-7,11-15,17,32H,8-10H2,1-3H3. The molecular weight excluding hydrogens is 507 g/mol. The predicted molar refractivity (Wildman–Crippen MR) is 139 cm³/mol. The molecule has 1 aliphatic carbocycles. The van der Waals surface area contributed by atoms with Gasteiger partial charge in [0.1, 0.15) is 17.7 Å². The van der Waals surface area contributed by atoms with Gasteiger partial charge in [-0.2, -0.15) is 13.2 Å². The first-order valence-corrected chi connectivity index (χ1v) is 12.7. The van der Waals surface area contributed by atoms with E-state index in [0.717, 1.165) is 52.5 Å².